The Balaban J connectivity index is 1.64. The van der Waals surface area contributed by atoms with Crippen LogP contribution in [0.5, 0.6) is 0 Å². The first-order chi connectivity index (χ1) is 9.63. The van der Waals surface area contributed by atoms with Crippen LogP contribution in [0.25, 0.3) is 0 Å². The van der Waals surface area contributed by atoms with Crippen molar-refractivity contribution in [3.63, 3.8) is 0 Å². The van der Waals surface area contributed by atoms with Crippen molar-refractivity contribution < 1.29 is 0 Å². The molecule has 0 amide bonds. The maximum Gasteiger partial charge on any atom is 0.0498 e. The maximum atomic E-state index is 3.65. The summed E-state index contributed by atoms with van der Waals surface area (Å²) in [6, 6.07) is 15.3. The summed E-state index contributed by atoms with van der Waals surface area (Å²) < 4.78 is 3.45. The number of halogens is 3. The molecular formula is C16H14Br3N. The number of hydrogen-bond donors (Lipinski definition) is 1. The van der Waals surface area contributed by atoms with E-state index in [1.54, 1.807) is 0 Å². The van der Waals surface area contributed by atoms with Gasteiger partial charge in [0.2, 0.25) is 0 Å². The van der Waals surface area contributed by atoms with Gasteiger partial charge in [0.1, 0.15) is 0 Å². The molecule has 0 unspecified atom stereocenters. The van der Waals surface area contributed by atoms with Crippen LogP contribution in [0.2, 0.25) is 0 Å². The van der Waals surface area contributed by atoms with Crippen molar-refractivity contribution in [3.8, 4) is 0 Å². The normalized spacial score (nSPS) is 21.4. The third-order valence-corrected chi connectivity index (χ3v) is 5.68. The molecule has 3 rings (SSSR count). The zero-order valence-corrected chi connectivity index (χ0v) is 15.5. The second kappa shape index (κ2) is 6.20. The van der Waals surface area contributed by atoms with Crippen molar-refractivity contribution in [2.75, 3.05) is 5.32 Å². The van der Waals surface area contributed by atoms with Gasteiger partial charge >= 0.3 is 0 Å². The summed E-state index contributed by atoms with van der Waals surface area (Å²) in [5, 5.41) is 3.61. The monoisotopic (exact) mass is 457 g/mol. The van der Waals surface area contributed by atoms with Gasteiger partial charge in [0.25, 0.3) is 0 Å². The first-order valence-electron chi connectivity index (χ1n) is 6.59. The predicted molar refractivity (Wildman–Crippen MR) is 95.4 cm³/mol. The van der Waals surface area contributed by atoms with Crippen molar-refractivity contribution in [2.24, 2.45) is 0 Å². The molecule has 1 saturated carbocycles. The highest BCUT2D eigenvalue weighted by atomic mass is 79.9. The van der Waals surface area contributed by atoms with Crippen LogP contribution in [0.3, 0.4) is 0 Å². The van der Waals surface area contributed by atoms with Crippen LogP contribution >= 0.6 is 47.8 Å². The number of hydrogen-bond acceptors (Lipinski definition) is 1. The lowest BCUT2D eigenvalue weighted by atomic mass is 9.76. The second-order valence-electron chi connectivity index (χ2n) is 5.16. The molecule has 104 valence electrons. The van der Waals surface area contributed by atoms with E-state index in [1.165, 1.54) is 22.9 Å². The Labute approximate surface area is 144 Å². The summed E-state index contributed by atoms with van der Waals surface area (Å²) in [4.78, 5) is 0. The van der Waals surface area contributed by atoms with Gasteiger partial charge in [0, 0.05) is 25.1 Å². The first-order valence-corrected chi connectivity index (χ1v) is 8.97. The molecule has 1 nitrogen and oxygen atoms in total. The van der Waals surface area contributed by atoms with Gasteiger partial charge in [-0.25, -0.2) is 0 Å². The molecule has 0 saturated heterocycles. The van der Waals surface area contributed by atoms with Crippen LogP contribution in [0.15, 0.2) is 55.9 Å². The van der Waals surface area contributed by atoms with E-state index in [-0.39, 0.29) is 0 Å². The largest absolute Gasteiger partial charge is 0.381 e. The third kappa shape index (κ3) is 3.12. The molecule has 1 aliphatic carbocycles. The Morgan fingerprint density at radius 2 is 1.65 bits per heavy atom. The van der Waals surface area contributed by atoms with E-state index in [9.17, 15) is 0 Å². The zero-order valence-electron chi connectivity index (χ0n) is 10.7. The van der Waals surface area contributed by atoms with Crippen molar-refractivity contribution in [2.45, 2.75) is 24.8 Å². The fourth-order valence-electron chi connectivity index (χ4n) is 2.62. The van der Waals surface area contributed by atoms with Gasteiger partial charge in [-0.05, 0) is 64.5 Å². The highest BCUT2D eigenvalue weighted by Gasteiger charge is 2.31. The lowest BCUT2D eigenvalue weighted by Gasteiger charge is -2.37. The summed E-state index contributed by atoms with van der Waals surface area (Å²) in [5.41, 5.74) is 2.59. The first kappa shape index (κ1) is 14.6. The standard InChI is InChI=1S/C16H14Br3N/c17-11-5-6-15(19)16(9-11)20-12-7-10(8-12)13-3-1-2-4-14(13)18/h1-6,9-10,12,20H,7-8H2. The highest BCUT2D eigenvalue weighted by molar-refractivity contribution is 9.11. The Morgan fingerprint density at radius 3 is 2.40 bits per heavy atom. The molecule has 2 aromatic rings. The zero-order chi connectivity index (χ0) is 14.1. The lowest BCUT2D eigenvalue weighted by molar-refractivity contribution is 0.373. The van der Waals surface area contributed by atoms with Crippen molar-refractivity contribution in [1.29, 1.82) is 0 Å². The fraction of sp³-hybridized carbons (Fsp3) is 0.250. The third-order valence-electron chi connectivity index (χ3n) is 3.77. The topological polar surface area (TPSA) is 12.0 Å². The molecule has 0 aromatic heterocycles. The molecule has 4 heteroatoms. The summed E-state index contributed by atoms with van der Waals surface area (Å²) in [7, 11) is 0. The fourth-order valence-corrected chi connectivity index (χ4v) is 3.95. The lowest BCUT2D eigenvalue weighted by Crippen LogP contribution is -2.34. The average Bonchev–Trinajstić information content (AvgIpc) is 2.38. The van der Waals surface area contributed by atoms with Crippen molar-refractivity contribution in [1.82, 2.24) is 0 Å². The summed E-state index contributed by atoms with van der Waals surface area (Å²) in [6.07, 6.45) is 2.36. The second-order valence-corrected chi connectivity index (χ2v) is 7.78. The van der Waals surface area contributed by atoms with Crippen LogP contribution in [0, 0.1) is 0 Å². The molecule has 0 bridgehead atoms. The van der Waals surface area contributed by atoms with E-state index in [0.29, 0.717) is 12.0 Å². The molecular weight excluding hydrogens is 446 g/mol. The summed E-state index contributed by atoms with van der Waals surface area (Å²) in [6.45, 7) is 0. The van der Waals surface area contributed by atoms with Crippen LogP contribution in [-0.2, 0) is 0 Å². The summed E-state index contributed by atoms with van der Waals surface area (Å²) in [5.74, 6) is 0.661. The molecule has 0 heterocycles. The number of nitrogens with one attached hydrogen (secondary N) is 1. The molecule has 1 fully saturated rings. The molecule has 1 N–H and O–H groups in total. The minimum absolute atomic E-state index is 0.553. The smallest absolute Gasteiger partial charge is 0.0498 e. The molecule has 2 aromatic carbocycles. The SMILES string of the molecule is Brc1ccc(Br)c(NC2CC(c3ccccc3Br)C2)c1. The van der Waals surface area contributed by atoms with E-state index in [2.05, 4.69) is 89.5 Å². The Bertz CT molecular complexity index is 621. The van der Waals surface area contributed by atoms with Crippen LogP contribution in [0.1, 0.15) is 24.3 Å². The summed E-state index contributed by atoms with van der Waals surface area (Å²) >= 11 is 10.8. The average molecular weight is 460 g/mol. The van der Waals surface area contributed by atoms with Gasteiger partial charge in [-0.1, -0.05) is 50.1 Å². The van der Waals surface area contributed by atoms with Gasteiger partial charge < -0.3 is 5.32 Å². The number of anilines is 1. The molecule has 0 aliphatic heterocycles. The maximum absolute atomic E-state index is 3.65. The van der Waals surface area contributed by atoms with Crippen LogP contribution < -0.4 is 5.32 Å². The Morgan fingerprint density at radius 1 is 0.900 bits per heavy atom. The molecule has 20 heavy (non-hydrogen) atoms. The minimum Gasteiger partial charge on any atom is -0.381 e. The van der Waals surface area contributed by atoms with Crippen molar-refractivity contribution in [3.05, 3.63) is 61.4 Å². The van der Waals surface area contributed by atoms with Gasteiger partial charge in [-0.3, -0.25) is 0 Å². The van der Waals surface area contributed by atoms with Gasteiger partial charge in [0.05, 0.1) is 0 Å². The van der Waals surface area contributed by atoms with E-state index >= 15 is 0 Å². The van der Waals surface area contributed by atoms with Crippen LogP contribution in [-0.4, -0.2) is 6.04 Å². The van der Waals surface area contributed by atoms with Gasteiger partial charge in [0.15, 0.2) is 0 Å². The van der Waals surface area contributed by atoms with Crippen molar-refractivity contribution >= 4 is 53.5 Å². The highest BCUT2D eigenvalue weighted by Crippen LogP contribution is 2.42. The van der Waals surface area contributed by atoms with E-state index in [4.69, 9.17) is 0 Å². The Hall–Kier alpha value is -0.320. The molecule has 0 radical (unpaired) electrons. The van der Waals surface area contributed by atoms with E-state index in [0.717, 1.165) is 14.6 Å². The minimum atomic E-state index is 0.553. The van der Waals surface area contributed by atoms with E-state index < -0.39 is 0 Å². The van der Waals surface area contributed by atoms with Gasteiger partial charge in [-0.2, -0.15) is 0 Å². The number of benzene rings is 2. The Kier molecular flexibility index (Phi) is 4.53. The molecule has 1 aliphatic rings. The van der Waals surface area contributed by atoms with Crippen LogP contribution in [0.4, 0.5) is 5.69 Å². The quantitative estimate of drug-likeness (QED) is 0.565. The van der Waals surface area contributed by atoms with Gasteiger partial charge in [-0.15, -0.1) is 0 Å². The number of rotatable bonds is 3. The predicted octanol–water partition coefficient (Wildman–Crippen LogP) is 6.33. The van der Waals surface area contributed by atoms with E-state index in [1.807, 2.05) is 6.07 Å². The molecule has 0 atom stereocenters. The molecule has 0 spiro atoms.